The summed E-state index contributed by atoms with van der Waals surface area (Å²) in [5.41, 5.74) is 1.67. The molecule has 1 amide bonds. The van der Waals surface area contributed by atoms with Gasteiger partial charge in [-0.25, -0.2) is 8.42 Å². The number of benzene rings is 1. The zero-order valence-corrected chi connectivity index (χ0v) is 20.1. The van der Waals surface area contributed by atoms with Crippen molar-refractivity contribution in [3.8, 4) is 11.4 Å². The Bertz CT molecular complexity index is 1250. The van der Waals surface area contributed by atoms with Crippen molar-refractivity contribution in [1.29, 1.82) is 0 Å². The molecule has 1 saturated heterocycles. The lowest BCUT2D eigenvalue weighted by atomic mass is 10.0. The molecular weight excluding hydrogens is 458 g/mol. The monoisotopic (exact) mass is 485 g/mol. The lowest BCUT2D eigenvalue weighted by Crippen LogP contribution is -2.40. The second-order valence-corrected chi connectivity index (χ2v) is 10.3. The minimum Gasteiger partial charge on any atom is -0.379 e. The van der Waals surface area contributed by atoms with Gasteiger partial charge in [-0.15, -0.1) is 0 Å². The lowest BCUT2D eigenvalue weighted by molar-refractivity contribution is 0.0730. The van der Waals surface area contributed by atoms with Crippen molar-refractivity contribution >= 4 is 15.9 Å². The summed E-state index contributed by atoms with van der Waals surface area (Å²) >= 11 is 0. The van der Waals surface area contributed by atoms with Crippen LogP contribution in [0.1, 0.15) is 41.7 Å². The summed E-state index contributed by atoms with van der Waals surface area (Å²) in [6, 6.07) is 7.55. The number of pyridine rings is 1. The number of aryl methyl sites for hydroxylation is 1. The second kappa shape index (κ2) is 10.00. The van der Waals surface area contributed by atoms with E-state index in [1.165, 1.54) is 16.4 Å². The molecule has 1 aromatic carbocycles. The molecule has 180 valence electrons. The molecule has 0 aliphatic carbocycles. The van der Waals surface area contributed by atoms with E-state index in [1.807, 2.05) is 13.8 Å². The molecular formula is C23H27N5O5S. The van der Waals surface area contributed by atoms with E-state index in [-0.39, 0.29) is 35.4 Å². The van der Waals surface area contributed by atoms with Gasteiger partial charge in [-0.3, -0.25) is 9.78 Å². The number of rotatable bonds is 7. The minimum atomic E-state index is -3.73. The number of ether oxygens (including phenoxy) is 1. The van der Waals surface area contributed by atoms with E-state index < -0.39 is 22.0 Å². The van der Waals surface area contributed by atoms with Crippen LogP contribution in [0.3, 0.4) is 0 Å². The molecule has 1 unspecified atom stereocenters. The van der Waals surface area contributed by atoms with Crippen molar-refractivity contribution in [1.82, 2.24) is 24.7 Å². The Morgan fingerprint density at radius 3 is 2.50 bits per heavy atom. The van der Waals surface area contributed by atoms with Crippen LogP contribution in [0.15, 0.2) is 52.1 Å². The smallest absolute Gasteiger partial charge is 0.252 e. The van der Waals surface area contributed by atoms with Gasteiger partial charge in [0.15, 0.2) is 0 Å². The number of carbonyl (C=O) groups is 1. The van der Waals surface area contributed by atoms with Crippen molar-refractivity contribution in [3.05, 3.63) is 59.7 Å². The van der Waals surface area contributed by atoms with E-state index in [0.29, 0.717) is 24.6 Å². The Labute approximate surface area is 198 Å². The first kappa shape index (κ1) is 24.0. The third kappa shape index (κ3) is 5.01. The Morgan fingerprint density at radius 2 is 1.82 bits per heavy atom. The predicted octanol–water partition coefficient (Wildman–Crippen LogP) is 2.59. The highest BCUT2D eigenvalue weighted by molar-refractivity contribution is 7.89. The summed E-state index contributed by atoms with van der Waals surface area (Å²) < 4.78 is 38.2. The summed E-state index contributed by atoms with van der Waals surface area (Å²) in [6.07, 6.45) is 3.27. The van der Waals surface area contributed by atoms with Crippen LogP contribution in [-0.4, -0.2) is 60.1 Å². The zero-order valence-electron chi connectivity index (χ0n) is 19.3. The number of carbonyl (C=O) groups excluding carboxylic acids is 1. The summed E-state index contributed by atoms with van der Waals surface area (Å²) in [7, 11) is -3.73. The average Bonchev–Trinajstić information content (AvgIpc) is 3.33. The fourth-order valence-electron chi connectivity index (χ4n) is 3.65. The summed E-state index contributed by atoms with van der Waals surface area (Å²) in [5.74, 6) is 0.186. The molecule has 4 rings (SSSR count). The molecule has 1 aliphatic heterocycles. The van der Waals surface area contributed by atoms with Crippen molar-refractivity contribution in [2.45, 2.75) is 31.7 Å². The number of aromatic nitrogens is 3. The van der Waals surface area contributed by atoms with Gasteiger partial charge in [0.25, 0.3) is 5.91 Å². The fourth-order valence-corrected chi connectivity index (χ4v) is 5.09. The van der Waals surface area contributed by atoms with Gasteiger partial charge in [0, 0.05) is 36.6 Å². The highest BCUT2D eigenvalue weighted by atomic mass is 32.2. The van der Waals surface area contributed by atoms with E-state index in [1.54, 1.807) is 37.5 Å². The number of hydrogen-bond acceptors (Lipinski definition) is 8. The second-order valence-electron chi connectivity index (χ2n) is 8.38. The van der Waals surface area contributed by atoms with Crippen LogP contribution in [0, 0.1) is 12.8 Å². The lowest BCUT2D eigenvalue weighted by Gasteiger charge is -2.26. The van der Waals surface area contributed by atoms with Gasteiger partial charge in [-0.2, -0.15) is 9.29 Å². The maximum absolute atomic E-state index is 13.2. The molecule has 1 atom stereocenters. The SMILES string of the molecule is Cc1ccc(S(=O)(=O)N2CCOCC2)cc1C(=O)NC(c1nc(-c2ccncc2)no1)C(C)C. The molecule has 1 aliphatic rings. The van der Waals surface area contributed by atoms with Crippen LogP contribution in [0.25, 0.3) is 11.4 Å². The van der Waals surface area contributed by atoms with Crippen LogP contribution in [0.4, 0.5) is 0 Å². The number of sulfonamides is 1. The van der Waals surface area contributed by atoms with Gasteiger partial charge < -0.3 is 14.6 Å². The van der Waals surface area contributed by atoms with E-state index >= 15 is 0 Å². The quantitative estimate of drug-likeness (QED) is 0.541. The first-order valence-electron chi connectivity index (χ1n) is 11.0. The van der Waals surface area contributed by atoms with Gasteiger partial charge in [0.2, 0.25) is 21.7 Å². The number of amides is 1. The number of hydrogen-bond donors (Lipinski definition) is 1. The van der Waals surface area contributed by atoms with Crippen molar-refractivity contribution in [2.24, 2.45) is 5.92 Å². The molecule has 1 N–H and O–H groups in total. The van der Waals surface area contributed by atoms with Gasteiger partial charge >= 0.3 is 0 Å². The van der Waals surface area contributed by atoms with Crippen molar-refractivity contribution < 1.29 is 22.5 Å². The molecule has 3 heterocycles. The Kier molecular flexibility index (Phi) is 7.05. The van der Waals surface area contributed by atoms with Crippen LogP contribution in [-0.2, 0) is 14.8 Å². The first-order chi connectivity index (χ1) is 16.3. The van der Waals surface area contributed by atoms with Crippen LogP contribution in [0.5, 0.6) is 0 Å². The molecule has 0 bridgehead atoms. The van der Waals surface area contributed by atoms with Gasteiger partial charge in [-0.1, -0.05) is 25.1 Å². The highest BCUT2D eigenvalue weighted by Gasteiger charge is 2.29. The summed E-state index contributed by atoms with van der Waals surface area (Å²) in [4.78, 5) is 21.8. The summed E-state index contributed by atoms with van der Waals surface area (Å²) in [5, 5.41) is 6.96. The Morgan fingerprint density at radius 1 is 1.12 bits per heavy atom. The molecule has 11 heteroatoms. The maximum Gasteiger partial charge on any atom is 0.252 e. The van der Waals surface area contributed by atoms with Gasteiger partial charge in [0.05, 0.1) is 18.1 Å². The normalized spacial score (nSPS) is 15.9. The zero-order chi connectivity index (χ0) is 24.3. The first-order valence-corrected chi connectivity index (χ1v) is 12.4. The molecule has 2 aromatic heterocycles. The molecule has 34 heavy (non-hydrogen) atoms. The molecule has 1 fully saturated rings. The van der Waals surface area contributed by atoms with E-state index in [9.17, 15) is 13.2 Å². The van der Waals surface area contributed by atoms with Crippen molar-refractivity contribution in [2.75, 3.05) is 26.3 Å². The topological polar surface area (TPSA) is 128 Å². The van der Waals surface area contributed by atoms with Crippen LogP contribution < -0.4 is 5.32 Å². The largest absolute Gasteiger partial charge is 0.379 e. The van der Waals surface area contributed by atoms with Gasteiger partial charge in [0.1, 0.15) is 6.04 Å². The van der Waals surface area contributed by atoms with Crippen molar-refractivity contribution in [3.63, 3.8) is 0 Å². The molecule has 3 aromatic rings. The third-order valence-electron chi connectivity index (χ3n) is 5.66. The standard InChI is InChI=1S/C23H27N5O5S/c1-15(2)20(23-26-21(27-33-23)17-6-8-24-9-7-17)25-22(29)19-14-18(5-4-16(19)3)34(30,31)28-10-12-32-13-11-28/h4-9,14-15,20H,10-13H2,1-3H3,(H,25,29). The van der Waals surface area contributed by atoms with Gasteiger partial charge in [-0.05, 0) is 42.7 Å². The number of nitrogens with zero attached hydrogens (tertiary/aromatic N) is 4. The predicted molar refractivity (Wildman–Crippen MR) is 123 cm³/mol. The Balaban J connectivity index is 1.58. The minimum absolute atomic E-state index is 0.0599. The molecule has 10 nitrogen and oxygen atoms in total. The maximum atomic E-state index is 13.2. The number of morpholine rings is 1. The Hall–Kier alpha value is -3.15. The molecule has 0 saturated carbocycles. The molecule has 0 radical (unpaired) electrons. The summed E-state index contributed by atoms with van der Waals surface area (Å²) in [6.45, 7) is 6.87. The van der Waals surface area contributed by atoms with E-state index in [4.69, 9.17) is 9.26 Å². The van der Waals surface area contributed by atoms with E-state index in [2.05, 4.69) is 20.4 Å². The fraction of sp³-hybridized carbons (Fsp3) is 0.391. The van der Waals surface area contributed by atoms with Crippen LogP contribution >= 0.6 is 0 Å². The van der Waals surface area contributed by atoms with Crippen LogP contribution in [0.2, 0.25) is 0 Å². The molecule has 0 spiro atoms. The van der Waals surface area contributed by atoms with E-state index in [0.717, 1.165) is 5.56 Å². The average molecular weight is 486 g/mol. The third-order valence-corrected chi connectivity index (χ3v) is 7.56. The highest BCUT2D eigenvalue weighted by Crippen LogP contribution is 2.25. The number of nitrogens with one attached hydrogen (secondary N) is 1.